The monoisotopic (exact) mass is 265 g/mol. The van der Waals surface area contributed by atoms with E-state index in [0.717, 1.165) is 32.0 Å². The van der Waals surface area contributed by atoms with Gasteiger partial charge in [-0.15, -0.1) is 10.2 Å². The third-order valence-corrected chi connectivity index (χ3v) is 2.98. The largest absolute Gasteiger partial charge is 0.450 e. The third-order valence-electron chi connectivity index (χ3n) is 2.98. The minimum atomic E-state index is -0.510. The molecule has 0 unspecified atom stereocenters. The van der Waals surface area contributed by atoms with Gasteiger partial charge in [-0.25, -0.2) is 4.79 Å². The number of hydrogen-bond donors (Lipinski definition) is 1. The van der Waals surface area contributed by atoms with Gasteiger partial charge in [0.15, 0.2) is 11.6 Å². The van der Waals surface area contributed by atoms with Crippen molar-refractivity contribution in [3.8, 4) is 0 Å². The van der Waals surface area contributed by atoms with Crippen LogP contribution in [0.4, 0.5) is 16.4 Å². The molecule has 1 saturated heterocycles. The van der Waals surface area contributed by atoms with Crippen molar-refractivity contribution < 1.29 is 9.53 Å². The molecule has 1 fully saturated rings. The van der Waals surface area contributed by atoms with Gasteiger partial charge in [-0.3, -0.25) is 5.32 Å². The molecule has 0 radical (unpaired) electrons. The molecule has 2 heterocycles. The van der Waals surface area contributed by atoms with Crippen molar-refractivity contribution in [2.24, 2.45) is 0 Å². The Morgan fingerprint density at radius 3 is 2.63 bits per heavy atom. The number of nitrogens with zero attached hydrogens (tertiary/aromatic N) is 4. The molecular formula is C12H19N5O2. The Morgan fingerprint density at radius 1 is 1.32 bits per heavy atom. The first kappa shape index (κ1) is 13.5. The van der Waals surface area contributed by atoms with Crippen molar-refractivity contribution >= 4 is 17.7 Å². The van der Waals surface area contributed by atoms with Crippen molar-refractivity contribution in [3.63, 3.8) is 0 Å². The molecule has 1 aromatic rings. The SMILES string of the molecule is CCOC(=O)Nc1ccc(N2CCN(C)CC2)nn1. The molecule has 7 heteroatoms. The maximum Gasteiger partial charge on any atom is 0.412 e. The zero-order chi connectivity index (χ0) is 13.7. The van der Waals surface area contributed by atoms with E-state index >= 15 is 0 Å². The Hall–Kier alpha value is -1.89. The summed E-state index contributed by atoms with van der Waals surface area (Å²) in [7, 11) is 2.11. The summed E-state index contributed by atoms with van der Waals surface area (Å²) in [5, 5.41) is 10.6. The number of carbonyl (C=O) groups is 1. The topological polar surface area (TPSA) is 70.6 Å². The lowest BCUT2D eigenvalue weighted by Gasteiger charge is -2.32. The van der Waals surface area contributed by atoms with Crippen LogP contribution in [0.2, 0.25) is 0 Å². The van der Waals surface area contributed by atoms with Crippen LogP contribution in [0, 0.1) is 0 Å². The minimum Gasteiger partial charge on any atom is -0.450 e. The summed E-state index contributed by atoms with van der Waals surface area (Å²) < 4.78 is 4.77. The van der Waals surface area contributed by atoms with Gasteiger partial charge >= 0.3 is 6.09 Å². The lowest BCUT2D eigenvalue weighted by molar-refractivity contribution is 0.168. The van der Waals surface area contributed by atoms with Crippen LogP contribution >= 0.6 is 0 Å². The van der Waals surface area contributed by atoms with Gasteiger partial charge in [-0.2, -0.15) is 0 Å². The molecule has 0 saturated carbocycles. The van der Waals surface area contributed by atoms with E-state index in [9.17, 15) is 4.79 Å². The summed E-state index contributed by atoms with van der Waals surface area (Å²) in [6.45, 7) is 6.00. The molecule has 0 spiro atoms. The van der Waals surface area contributed by atoms with E-state index in [1.54, 1.807) is 13.0 Å². The van der Waals surface area contributed by atoms with E-state index in [0.29, 0.717) is 12.4 Å². The van der Waals surface area contributed by atoms with Crippen molar-refractivity contribution in [2.75, 3.05) is 50.1 Å². The zero-order valence-corrected chi connectivity index (χ0v) is 11.3. The van der Waals surface area contributed by atoms with Crippen LogP contribution in [0.25, 0.3) is 0 Å². The Kier molecular flexibility index (Phi) is 4.51. The highest BCUT2D eigenvalue weighted by Crippen LogP contribution is 2.13. The number of rotatable bonds is 3. The fourth-order valence-electron chi connectivity index (χ4n) is 1.87. The highest BCUT2D eigenvalue weighted by atomic mass is 16.5. The van der Waals surface area contributed by atoms with Crippen LogP contribution in [0.3, 0.4) is 0 Å². The molecule has 1 aromatic heterocycles. The minimum absolute atomic E-state index is 0.332. The van der Waals surface area contributed by atoms with Gasteiger partial charge in [0.05, 0.1) is 6.61 Å². The molecule has 0 bridgehead atoms. The second-order valence-electron chi connectivity index (χ2n) is 4.41. The first-order valence-electron chi connectivity index (χ1n) is 6.40. The molecule has 1 aliphatic heterocycles. The number of hydrogen-bond acceptors (Lipinski definition) is 6. The van der Waals surface area contributed by atoms with E-state index in [2.05, 4.69) is 32.4 Å². The predicted octanol–water partition coefficient (Wildman–Crippen LogP) is 0.797. The molecule has 2 rings (SSSR count). The van der Waals surface area contributed by atoms with Crippen LogP contribution in [-0.4, -0.2) is 61.0 Å². The summed E-state index contributed by atoms with van der Waals surface area (Å²) >= 11 is 0. The molecule has 0 aromatic carbocycles. The van der Waals surface area contributed by atoms with Gasteiger partial charge in [0.2, 0.25) is 0 Å². The second-order valence-corrected chi connectivity index (χ2v) is 4.41. The Morgan fingerprint density at radius 2 is 2.05 bits per heavy atom. The fourth-order valence-corrected chi connectivity index (χ4v) is 1.87. The molecule has 0 aliphatic carbocycles. The first-order chi connectivity index (χ1) is 9.19. The zero-order valence-electron chi connectivity index (χ0n) is 11.3. The second kappa shape index (κ2) is 6.33. The van der Waals surface area contributed by atoms with Gasteiger partial charge in [-0.1, -0.05) is 0 Å². The normalized spacial score (nSPS) is 16.2. The maximum atomic E-state index is 11.2. The average molecular weight is 265 g/mol. The molecule has 1 aliphatic rings. The number of aromatic nitrogens is 2. The van der Waals surface area contributed by atoms with Crippen molar-refractivity contribution in [1.82, 2.24) is 15.1 Å². The lowest BCUT2D eigenvalue weighted by Crippen LogP contribution is -2.44. The van der Waals surface area contributed by atoms with E-state index in [1.807, 2.05) is 6.07 Å². The lowest BCUT2D eigenvalue weighted by atomic mass is 10.3. The van der Waals surface area contributed by atoms with Gasteiger partial charge in [0.25, 0.3) is 0 Å². The molecule has 19 heavy (non-hydrogen) atoms. The van der Waals surface area contributed by atoms with Crippen LogP contribution in [0.1, 0.15) is 6.92 Å². The predicted molar refractivity (Wildman–Crippen MR) is 72.4 cm³/mol. The summed E-state index contributed by atoms with van der Waals surface area (Å²) in [6, 6.07) is 3.59. The molecular weight excluding hydrogens is 246 g/mol. The Balaban J connectivity index is 1.92. The van der Waals surface area contributed by atoms with Crippen molar-refractivity contribution in [1.29, 1.82) is 0 Å². The molecule has 1 amide bonds. The average Bonchev–Trinajstić information content (AvgIpc) is 2.41. The van der Waals surface area contributed by atoms with Gasteiger partial charge in [0.1, 0.15) is 0 Å². The van der Waals surface area contributed by atoms with Crippen LogP contribution < -0.4 is 10.2 Å². The molecule has 104 valence electrons. The van der Waals surface area contributed by atoms with Crippen molar-refractivity contribution in [3.05, 3.63) is 12.1 Å². The smallest absolute Gasteiger partial charge is 0.412 e. The standard InChI is InChI=1S/C12H19N5O2/c1-3-19-12(18)13-10-4-5-11(15-14-10)17-8-6-16(2)7-9-17/h4-5H,3,6-9H2,1-2H3,(H,13,14,18). The summed E-state index contributed by atoms with van der Waals surface area (Å²) in [5.41, 5.74) is 0. The van der Waals surface area contributed by atoms with Gasteiger partial charge < -0.3 is 14.5 Å². The van der Waals surface area contributed by atoms with E-state index in [4.69, 9.17) is 4.74 Å². The number of ether oxygens (including phenoxy) is 1. The van der Waals surface area contributed by atoms with E-state index in [-0.39, 0.29) is 0 Å². The number of anilines is 2. The van der Waals surface area contributed by atoms with Crippen molar-refractivity contribution in [2.45, 2.75) is 6.92 Å². The van der Waals surface area contributed by atoms with E-state index in [1.165, 1.54) is 0 Å². The number of carbonyl (C=O) groups excluding carboxylic acids is 1. The fraction of sp³-hybridized carbons (Fsp3) is 0.583. The van der Waals surface area contributed by atoms with Gasteiger partial charge in [-0.05, 0) is 26.1 Å². The number of amides is 1. The number of nitrogens with one attached hydrogen (secondary N) is 1. The summed E-state index contributed by atoms with van der Waals surface area (Å²) in [5.74, 6) is 1.24. The van der Waals surface area contributed by atoms with Crippen LogP contribution in [0.15, 0.2) is 12.1 Å². The van der Waals surface area contributed by atoms with Crippen LogP contribution in [0.5, 0.6) is 0 Å². The summed E-state index contributed by atoms with van der Waals surface area (Å²) in [6.07, 6.45) is -0.510. The number of piperazine rings is 1. The highest BCUT2D eigenvalue weighted by molar-refractivity contribution is 5.83. The number of likely N-dealkylation sites (N-methyl/N-ethyl adjacent to an activating group) is 1. The molecule has 1 N–H and O–H groups in total. The quantitative estimate of drug-likeness (QED) is 0.871. The maximum absolute atomic E-state index is 11.2. The Bertz CT molecular complexity index is 415. The van der Waals surface area contributed by atoms with E-state index < -0.39 is 6.09 Å². The summed E-state index contributed by atoms with van der Waals surface area (Å²) in [4.78, 5) is 15.7. The third kappa shape index (κ3) is 3.78. The molecule has 0 atom stereocenters. The van der Waals surface area contributed by atoms with Gasteiger partial charge in [0, 0.05) is 26.2 Å². The first-order valence-corrected chi connectivity index (χ1v) is 6.40. The Labute approximate surface area is 112 Å². The highest BCUT2D eigenvalue weighted by Gasteiger charge is 2.15. The molecule has 7 nitrogen and oxygen atoms in total. The van der Waals surface area contributed by atoms with Crippen LogP contribution in [-0.2, 0) is 4.74 Å².